The summed E-state index contributed by atoms with van der Waals surface area (Å²) in [5, 5.41) is 0.782. The van der Waals surface area contributed by atoms with Crippen LogP contribution in [0.4, 0.5) is 0 Å². The van der Waals surface area contributed by atoms with Gasteiger partial charge in [-0.25, -0.2) is 0 Å². The first-order chi connectivity index (χ1) is 6.77. The molecule has 14 heavy (non-hydrogen) atoms. The van der Waals surface area contributed by atoms with E-state index >= 15 is 0 Å². The molecule has 0 spiro atoms. The van der Waals surface area contributed by atoms with Gasteiger partial charge in [-0.05, 0) is 30.5 Å². The molecule has 0 atom stereocenters. The molecule has 0 bridgehead atoms. The maximum Gasteiger partial charge on any atom is 0.0560 e. The summed E-state index contributed by atoms with van der Waals surface area (Å²) >= 11 is 5.97. The van der Waals surface area contributed by atoms with Gasteiger partial charge in [0.1, 0.15) is 0 Å². The van der Waals surface area contributed by atoms with E-state index in [2.05, 4.69) is 12.0 Å². The van der Waals surface area contributed by atoms with Gasteiger partial charge in [-0.1, -0.05) is 42.5 Å². The molecule has 0 nitrogen and oxygen atoms in total. The normalized spacial score (nSPS) is 19.1. The third-order valence-electron chi connectivity index (χ3n) is 3.11. The van der Waals surface area contributed by atoms with Gasteiger partial charge in [0, 0.05) is 5.02 Å². The van der Waals surface area contributed by atoms with Crippen molar-refractivity contribution in [1.29, 1.82) is 0 Å². The van der Waals surface area contributed by atoms with Crippen molar-refractivity contribution in [2.75, 3.05) is 0 Å². The number of terminal acetylenes is 1. The minimum Gasteiger partial charge on any atom is -0.119 e. The molecule has 0 saturated heterocycles. The lowest BCUT2D eigenvalue weighted by atomic mass is 9.80. The highest BCUT2D eigenvalue weighted by Gasteiger charge is 2.33. The van der Waals surface area contributed by atoms with Crippen LogP contribution in [-0.2, 0) is 5.41 Å². The van der Waals surface area contributed by atoms with Crippen LogP contribution in [-0.4, -0.2) is 0 Å². The van der Waals surface area contributed by atoms with E-state index in [1.54, 1.807) is 0 Å². The summed E-state index contributed by atoms with van der Waals surface area (Å²) in [5.74, 6) is 2.96. The SMILES string of the molecule is C#CC1(c2cccc(Cl)c2)CCCC1. The van der Waals surface area contributed by atoms with Gasteiger partial charge in [0.05, 0.1) is 5.41 Å². The van der Waals surface area contributed by atoms with Gasteiger partial charge in [-0.2, -0.15) is 0 Å². The largest absolute Gasteiger partial charge is 0.119 e. The summed E-state index contributed by atoms with van der Waals surface area (Å²) in [6.07, 6.45) is 10.3. The first kappa shape index (κ1) is 9.62. The van der Waals surface area contributed by atoms with Crippen LogP contribution in [0.2, 0.25) is 5.02 Å². The molecule has 2 rings (SSSR count). The molecule has 0 aromatic heterocycles. The average molecular weight is 205 g/mol. The van der Waals surface area contributed by atoms with E-state index in [0.29, 0.717) is 0 Å². The van der Waals surface area contributed by atoms with Crippen LogP contribution in [0, 0.1) is 12.3 Å². The van der Waals surface area contributed by atoms with Crippen LogP contribution in [0.3, 0.4) is 0 Å². The molecule has 0 radical (unpaired) electrons. The Labute approximate surface area is 90.3 Å². The first-order valence-corrected chi connectivity index (χ1v) is 5.38. The van der Waals surface area contributed by atoms with Gasteiger partial charge in [-0.3, -0.25) is 0 Å². The van der Waals surface area contributed by atoms with Crippen molar-refractivity contribution in [2.24, 2.45) is 0 Å². The fraction of sp³-hybridized carbons (Fsp3) is 0.385. The summed E-state index contributed by atoms with van der Waals surface area (Å²) in [6.45, 7) is 0. The molecular formula is C13H13Cl. The Balaban J connectivity index is 2.42. The molecule has 0 heterocycles. The highest BCUT2D eigenvalue weighted by molar-refractivity contribution is 6.30. The minimum atomic E-state index is -0.0368. The Morgan fingerprint density at radius 2 is 2.00 bits per heavy atom. The second-order valence-corrected chi connectivity index (χ2v) is 4.38. The van der Waals surface area contributed by atoms with Crippen LogP contribution >= 0.6 is 11.6 Å². The maximum absolute atomic E-state index is 5.97. The topological polar surface area (TPSA) is 0 Å². The Hall–Kier alpha value is -0.930. The maximum atomic E-state index is 5.97. The van der Waals surface area contributed by atoms with E-state index in [4.69, 9.17) is 18.0 Å². The predicted octanol–water partition coefficient (Wildman–Crippen LogP) is 3.79. The number of halogens is 1. The lowest BCUT2D eigenvalue weighted by molar-refractivity contribution is 0.582. The van der Waals surface area contributed by atoms with Crippen molar-refractivity contribution in [1.82, 2.24) is 0 Å². The highest BCUT2D eigenvalue weighted by atomic mass is 35.5. The Morgan fingerprint density at radius 1 is 1.29 bits per heavy atom. The second kappa shape index (κ2) is 3.67. The molecule has 1 heteroatoms. The summed E-state index contributed by atoms with van der Waals surface area (Å²) in [6, 6.07) is 7.98. The van der Waals surface area contributed by atoms with E-state index in [-0.39, 0.29) is 5.41 Å². The van der Waals surface area contributed by atoms with E-state index in [9.17, 15) is 0 Å². The third-order valence-corrected chi connectivity index (χ3v) is 3.35. The number of hydrogen-bond donors (Lipinski definition) is 0. The molecule has 0 aliphatic heterocycles. The predicted molar refractivity (Wildman–Crippen MR) is 60.4 cm³/mol. The van der Waals surface area contributed by atoms with E-state index in [1.165, 1.54) is 18.4 Å². The minimum absolute atomic E-state index is 0.0368. The second-order valence-electron chi connectivity index (χ2n) is 3.94. The quantitative estimate of drug-likeness (QED) is 0.611. The van der Waals surface area contributed by atoms with Gasteiger partial charge < -0.3 is 0 Å². The van der Waals surface area contributed by atoms with Crippen molar-refractivity contribution in [2.45, 2.75) is 31.1 Å². The molecule has 1 fully saturated rings. The van der Waals surface area contributed by atoms with Gasteiger partial charge in [-0.15, -0.1) is 6.42 Å². The van der Waals surface area contributed by atoms with Crippen molar-refractivity contribution >= 4 is 11.6 Å². The highest BCUT2D eigenvalue weighted by Crippen LogP contribution is 2.40. The van der Waals surface area contributed by atoms with Crippen LogP contribution < -0.4 is 0 Å². The zero-order valence-electron chi connectivity index (χ0n) is 8.09. The Morgan fingerprint density at radius 3 is 2.57 bits per heavy atom. The van der Waals surface area contributed by atoms with Gasteiger partial charge in [0.2, 0.25) is 0 Å². The van der Waals surface area contributed by atoms with Gasteiger partial charge in [0.15, 0.2) is 0 Å². The van der Waals surface area contributed by atoms with Gasteiger partial charge >= 0.3 is 0 Å². The van der Waals surface area contributed by atoms with E-state index in [0.717, 1.165) is 17.9 Å². The molecule has 72 valence electrons. The van der Waals surface area contributed by atoms with Crippen LogP contribution in [0.15, 0.2) is 24.3 Å². The van der Waals surface area contributed by atoms with Crippen LogP contribution in [0.1, 0.15) is 31.2 Å². The number of benzene rings is 1. The fourth-order valence-electron chi connectivity index (χ4n) is 2.28. The van der Waals surface area contributed by atoms with E-state index in [1.807, 2.05) is 18.2 Å². The van der Waals surface area contributed by atoms with Crippen molar-refractivity contribution < 1.29 is 0 Å². The summed E-state index contributed by atoms with van der Waals surface area (Å²) in [4.78, 5) is 0. The van der Waals surface area contributed by atoms with E-state index < -0.39 is 0 Å². The smallest absolute Gasteiger partial charge is 0.0560 e. The molecule has 0 unspecified atom stereocenters. The number of hydrogen-bond acceptors (Lipinski definition) is 0. The lowest BCUT2D eigenvalue weighted by Gasteiger charge is -2.22. The standard InChI is InChI=1S/C13H13Cl/c1-2-13(8-3-4-9-13)11-6-5-7-12(14)10-11/h1,5-7,10H,3-4,8-9H2. The third kappa shape index (κ3) is 1.53. The monoisotopic (exact) mass is 204 g/mol. The van der Waals surface area contributed by atoms with Crippen molar-refractivity contribution in [3.63, 3.8) is 0 Å². The molecule has 0 amide bonds. The fourth-order valence-corrected chi connectivity index (χ4v) is 2.47. The number of rotatable bonds is 1. The summed E-state index contributed by atoms with van der Waals surface area (Å²) in [5.41, 5.74) is 1.18. The Kier molecular flexibility index (Phi) is 2.52. The molecule has 1 saturated carbocycles. The summed E-state index contributed by atoms with van der Waals surface area (Å²) in [7, 11) is 0. The van der Waals surface area contributed by atoms with Gasteiger partial charge in [0.25, 0.3) is 0 Å². The molecule has 1 aromatic rings. The molecule has 1 aliphatic rings. The zero-order valence-corrected chi connectivity index (χ0v) is 8.85. The Bertz CT molecular complexity index is 367. The zero-order chi connectivity index (χ0) is 10.0. The van der Waals surface area contributed by atoms with Crippen LogP contribution in [0.25, 0.3) is 0 Å². The first-order valence-electron chi connectivity index (χ1n) is 5.01. The van der Waals surface area contributed by atoms with Crippen LogP contribution in [0.5, 0.6) is 0 Å². The van der Waals surface area contributed by atoms with Crippen molar-refractivity contribution in [3.8, 4) is 12.3 Å². The van der Waals surface area contributed by atoms with Crippen molar-refractivity contribution in [3.05, 3.63) is 34.9 Å². The molecular weight excluding hydrogens is 192 g/mol. The molecule has 0 N–H and O–H groups in total. The lowest BCUT2D eigenvalue weighted by Crippen LogP contribution is -2.18. The average Bonchev–Trinajstić information content (AvgIpc) is 2.67. The molecule has 1 aromatic carbocycles. The molecule has 1 aliphatic carbocycles. The summed E-state index contributed by atoms with van der Waals surface area (Å²) < 4.78 is 0.